The molecular weight excluding hydrogens is 392 g/mol. The maximum absolute atomic E-state index is 12.9. The van der Waals surface area contributed by atoms with Crippen LogP contribution in [0, 0.1) is 0 Å². The lowest BCUT2D eigenvalue weighted by Gasteiger charge is -2.40. The standard InChI is InChI=1S/C21H32N2O5S/c1-20(2,3)23(19(24)25)18-10-14-8-6-7-9-16(14)17(18)13-29(26)22-11-15-12-27-21(4,5)28-15/h6-9,15,17-18,22H,10-13H2,1-5H3,(H,24,25)/t15?,17-,18-,29?/m1/s1. The molecule has 3 rings (SSSR count). The van der Waals surface area contributed by atoms with E-state index in [1.165, 1.54) is 4.90 Å². The van der Waals surface area contributed by atoms with Gasteiger partial charge in [-0.15, -0.1) is 0 Å². The van der Waals surface area contributed by atoms with Gasteiger partial charge in [0.1, 0.15) is 0 Å². The normalized spacial score (nSPS) is 26.9. The minimum Gasteiger partial charge on any atom is -0.465 e. The number of benzene rings is 1. The van der Waals surface area contributed by atoms with Crippen molar-refractivity contribution < 1.29 is 23.6 Å². The number of ether oxygens (including phenoxy) is 2. The maximum Gasteiger partial charge on any atom is 0.408 e. The third-order valence-corrected chi connectivity index (χ3v) is 6.63. The molecule has 7 nitrogen and oxygen atoms in total. The second kappa shape index (κ2) is 8.34. The van der Waals surface area contributed by atoms with Gasteiger partial charge in [-0.05, 0) is 52.2 Å². The Bertz CT molecular complexity index is 777. The summed E-state index contributed by atoms with van der Waals surface area (Å²) in [5.41, 5.74) is 1.67. The number of hydrogen-bond donors (Lipinski definition) is 2. The summed E-state index contributed by atoms with van der Waals surface area (Å²) < 4.78 is 27.2. The van der Waals surface area contributed by atoms with E-state index in [9.17, 15) is 14.1 Å². The molecule has 1 aliphatic carbocycles. The van der Waals surface area contributed by atoms with Crippen LogP contribution in [-0.4, -0.2) is 62.7 Å². The topological polar surface area (TPSA) is 88.1 Å². The fraction of sp³-hybridized carbons (Fsp3) is 0.667. The molecule has 1 aromatic carbocycles. The summed E-state index contributed by atoms with van der Waals surface area (Å²) in [5, 5.41) is 9.90. The number of rotatable bonds is 6. The number of fused-ring (bicyclic) bond motifs is 1. The van der Waals surface area contributed by atoms with Gasteiger partial charge in [0.25, 0.3) is 0 Å². The average molecular weight is 425 g/mol. The van der Waals surface area contributed by atoms with Crippen molar-refractivity contribution in [2.24, 2.45) is 0 Å². The number of carboxylic acid groups (broad SMARTS) is 1. The van der Waals surface area contributed by atoms with Gasteiger partial charge in [-0.3, -0.25) is 4.90 Å². The van der Waals surface area contributed by atoms with Crippen molar-refractivity contribution in [3.8, 4) is 0 Å². The van der Waals surface area contributed by atoms with Crippen LogP contribution in [0.4, 0.5) is 4.79 Å². The van der Waals surface area contributed by atoms with E-state index in [2.05, 4.69) is 4.72 Å². The van der Waals surface area contributed by atoms with Gasteiger partial charge in [-0.1, -0.05) is 24.3 Å². The SMILES string of the molecule is CC1(C)OCC(CNS(=O)C[C@@H]2c3ccccc3C[C@H]2N(C(=O)O)C(C)(C)C)O1. The lowest BCUT2D eigenvalue weighted by molar-refractivity contribution is -0.137. The first-order valence-electron chi connectivity index (χ1n) is 10.0. The van der Waals surface area contributed by atoms with Gasteiger partial charge < -0.3 is 14.6 Å². The molecular formula is C21H32N2O5S. The van der Waals surface area contributed by atoms with E-state index in [0.29, 0.717) is 25.3 Å². The second-order valence-corrected chi connectivity index (χ2v) is 10.5. The van der Waals surface area contributed by atoms with Crippen LogP contribution in [0.15, 0.2) is 24.3 Å². The Morgan fingerprint density at radius 2 is 2.03 bits per heavy atom. The Balaban J connectivity index is 1.73. The number of nitrogens with one attached hydrogen (secondary N) is 1. The smallest absolute Gasteiger partial charge is 0.408 e. The minimum absolute atomic E-state index is 0.132. The number of amides is 1. The average Bonchev–Trinajstić information content (AvgIpc) is 3.12. The van der Waals surface area contributed by atoms with Crippen molar-refractivity contribution in [3.05, 3.63) is 35.4 Å². The van der Waals surface area contributed by atoms with Crippen LogP contribution >= 0.6 is 0 Å². The molecule has 4 atom stereocenters. The molecule has 2 N–H and O–H groups in total. The maximum atomic E-state index is 12.9. The lowest BCUT2D eigenvalue weighted by atomic mass is 9.95. The molecule has 2 aliphatic rings. The summed E-state index contributed by atoms with van der Waals surface area (Å²) in [6.45, 7) is 10.3. The highest BCUT2D eigenvalue weighted by Crippen LogP contribution is 2.39. The van der Waals surface area contributed by atoms with Crippen molar-refractivity contribution in [3.63, 3.8) is 0 Å². The molecule has 162 valence electrons. The van der Waals surface area contributed by atoms with Crippen LogP contribution in [0.5, 0.6) is 0 Å². The number of hydrogen-bond acceptors (Lipinski definition) is 4. The summed E-state index contributed by atoms with van der Waals surface area (Å²) >= 11 is 0. The molecule has 0 bridgehead atoms. The molecule has 0 aromatic heterocycles. The van der Waals surface area contributed by atoms with E-state index < -0.39 is 28.4 Å². The number of carbonyl (C=O) groups is 1. The summed E-state index contributed by atoms with van der Waals surface area (Å²) in [7, 11) is -1.32. The lowest BCUT2D eigenvalue weighted by Crippen LogP contribution is -2.53. The van der Waals surface area contributed by atoms with E-state index in [1.807, 2.05) is 58.9 Å². The Morgan fingerprint density at radius 1 is 1.34 bits per heavy atom. The minimum atomic E-state index is -1.32. The summed E-state index contributed by atoms with van der Waals surface area (Å²) in [6, 6.07) is 7.73. The largest absolute Gasteiger partial charge is 0.465 e. The predicted octanol–water partition coefficient (Wildman–Crippen LogP) is 2.88. The van der Waals surface area contributed by atoms with Crippen LogP contribution in [0.25, 0.3) is 0 Å². The van der Waals surface area contributed by atoms with E-state index in [-0.39, 0.29) is 18.1 Å². The monoisotopic (exact) mass is 424 g/mol. The van der Waals surface area contributed by atoms with E-state index in [0.717, 1.165) is 11.1 Å². The molecule has 29 heavy (non-hydrogen) atoms. The van der Waals surface area contributed by atoms with Crippen LogP contribution in [0.1, 0.15) is 51.7 Å². The summed E-state index contributed by atoms with van der Waals surface area (Å²) in [6.07, 6.45) is -0.460. The Morgan fingerprint density at radius 3 is 2.62 bits per heavy atom. The molecule has 0 radical (unpaired) electrons. The van der Waals surface area contributed by atoms with Gasteiger partial charge in [0, 0.05) is 29.8 Å². The highest BCUT2D eigenvalue weighted by atomic mass is 32.2. The second-order valence-electron chi connectivity index (χ2n) is 9.21. The Kier molecular flexibility index (Phi) is 6.38. The Labute approximate surface area is 175 Å². The molecule has 1 aromatic rings. The van der Waals surface area contributed by atoms with Gasteiger partial charge in [-0.2, -0.15) is 0 Å². The Hall–Kier alpha value is -1.48. The first-order valence-corrected chi connectivity index (χ1v) is 11.3. The molecule has 8 heteroatoms. The van der Waals surface area contributed by atoms with Crippen LogP contribution < -0.4 is 4.72 Å². The molecule has 1 amide bonds. The van der Waals surface area contributed by atoms with Crippen LogP contribution in [-0.2, 0) is 26.9 Å². The van der Waals surface area contributed by atoms with E-state index in [1.54, 1.807) is 0 Å². The van der Waals surface area contributed by atoms with Crippen molar-refractivity contribution in [2.75, 3.05) is 18.9 Å². The van der Waals surface area contributed by atoms with Crippen molar-refractivity contribution >= 4 is 17.1 Å². The zero-order chi connectivity index (χ0) is 21.4. The molecule has 0 spiro atoms. The van der Waals surface area contributed by atoms with Crippen LogP contribution in [0.2, 0.25) is 0 Å². The summed E-state index contributed by atoms with van der Waals surface area (Å²) in [5.74, 6) is -0.400. The molecule has 0 saturated carbocycles. The molecule has 1 aliphatic heterocycles. The highest BCUT2D eigenvalue weighted by Gasteiger charge is 2.43. The predicted molar refractivity (Wildman–Crippen MR) is 112 cm³/mol. The highest BCUT2D eigenvalue weighted by molar-refractivity contribution is 7.83. The van der Waals surface area contributed by atoms with Gasteiger partial charge in [-0.25, -0.2) is 13.7 Å². The van der Waals surface area contributed by atoms with Gasteiger partial charge in [0.15, 0.2) is 5.79 Å². The van der Waals surface area contributed by atoms with Gasteiger partial charge >= 0.3 is 6.09 Å². The first-order chi connectivity index (χ1) is 13.5. The van der Waals surface area contributed by atoms with Gasteiger partial charge in [0.2, 0.25) is 0 Å². The fourth-order valence-electron chi connectivity index (χ4n) is 4.33. The fourth-order valence-corrected chi connectivity index (χ4v) is 5.54. The van der Waals surface area contributed by atoms with Crippen LogP contribution in [0.3, 0.4) is 0 Å². The third-order valence-electron chi connectivity index (χ3n) is 5.48. The van der Waals surface area contributed by atoms with Gasteiger partial charge in [0.05, 0.1) is 23.7 Å². The zero-order valence-corrected chi connectivity index (χ0v) is 18.6. The van der Waals surface area contributed by atoms with Crippen molar-refractivity contribution in [2.45, 2.75) is 70.4 Å². The number of nitrogens with zero attached hydrogens (tertiary/aromatic N) is 1. The van der Waals surface area contributed by atoms with Crippen molar-refractivity contribution in [1.29, 1.82) is 0 Å². The van der Waals surface area contributed by atoms with E-state index in [4.69, 9.17) is 9.47 Å². The first kappa shape index (κ1) is 22.2. The molecule has 1 saturated heterocycles. The molecule has 1 fully saturated rings. The molecule has 1 heterocycles. The quantitative estimate of drug-likeness (QED) is 0.733. The van der Waals surface area contributed by atoms with E-state index >= 15 is 0 Å². The third kappa shape index (κ3) is 5.17. The van der Waals surface area contributed by atoms with Crippen molar-refractivity contribution in [1.82, 2.24) is 9.62 Å². The zero-order valence-electron chi connectivity index (χ0n) is 17.8. The summed E-state index contributed by atoms with van der Waals surface area (Å²) in [4.78, 5) is 13.6. The molecule has 2 unspecified atom stereocenters.